The summed E-state index contributed by atoms with van der Waals surface area (Å²) in [5, 5.41) is 12.2. The van der Waals surface area contributed by atoms with Crippen LogP contribution < -0.4 is 51.9 Å². The van der Waals surface area contributed by atoms with Crippen LogP contribution in [0.5, 0.6) is 0 Å². The SMILES string of the molecule is C[Si](O[Si](C)(c1ccccc1)c1ccccc1)(O[Si](C)(c1ccccc1)c1ccccc1)c1ccccc1.C[Si](O[Si](C)(c1ccccc1)c1ccccc1)(O[Si](C)(c1ccccc1)c1ccccc1)c1ccccc1. The first-order valence-electron chi connectivity index (χ1n) is 26.2. The Bertz CT molecular complexity index is 2750. The quantitative estimate of drug-likeness (QED) is 0.0804. The molecule has 0 saturated carbocycles. The zero-order chi connectivity index (χ0) is 53.0. The van der Waals surface area contributed by atoms with E-state index in [-0.39, 0.29) is 0 Å². The third-order valence-electron chi connectivity index (χ3n) is 14.8. The van der Waals surface area contributed by atoms with Gasteiger partial charge >= 0.3 is 17.1 Å². The highest BCUT2D eigenvalue weighted by Crippen LogP contribution is 2.25. The van der Waals surface area contributed by atoms with Gasteiger partial charge in [0.05, 0.1) is 0 Å². The van der Waals surface area contributed by atoms with Crippen molar-refractivity contribution < 1.29 is 16.5 Å². The van der Waals surface area contributed by atoms with Crippen LogP contribution in [0.1, 0.15) is 0 Å². The normalized spacial score (nSPS) is 12.3. The summed E-state index contributed by atoms with van der Waals surface area (Å²) in [7, 11) is -16.7. The Kier molecular flexibility index (Phi) is 17.2. The van der Waals surface area contributed by atoms with Gasteiger partial charge in [0.2, 0.25) is 33.3 Å². The zero-order valence-electron chi connectivity index (χ0n) is 44.5. The molecule has 0 atom stereocenters. The van der Waals surface area contributed by atoms with Crippen LogP contribution in [0, 0.1) is 0 Å². The predicted octanol–water partition coefficient (Wildman–Crippen LogP) is 9.56. The molecular formula is C66H68O4Si6. The molecule has 0 fully saturated rings. The summed E-state index contributed by atoms with van der Waals surface area (Å²) in [4.78, 5) is 0. The Morgan fingerprint density at radius 1 is 0.158 bits per heavy atom. The second kappa shape index (κ2) is 24.1. The molecule has 0 bridgehead atoms. The van der Waals surface area contributed by atoms with Gasteiger partial charge in [-0.25, -0.2) is 0 Å². The molecule has 0 radical (unpaired) electrons. The van der Waals surface area contributed by atoms with Crippen molar-refractivity contribution >= 4 is 102 Å². The monoisotopic (exact) mass is 1090 g/mol. The first kappa shape index (κ1) is 54.1. The largest absolute Gasteiger partial charge is 0.425 e. The van der Waals surface area contributed by atoms with Gasteiger partial charge in [0.25, 0.3) is 0 Å². The van der Waals surface area contributed by atoms with Crippen molar-refractivity contribution in [3.63, 3.8) is 0 Å². The lowest BCUT2D eigenvalue weighted by atomic mass is 10.4. The molecule has 0 aromatic heterocycles. The second-order valence-electron chi connectivity index (χ2n) is 20.1. The Morgan fingerprint density at radius 3 is 0.382 bits per heavy atom. The fourth-order valence-corrected chi connectivity index (χ4v) is 39.3. The molecule has 380 valence electrons. The molecule has 4 nitrogen and oxygen atoms in total. The highest BCUT2D eigenvalue weighted by molar-refractivity contribution is 7.08. The second-order valence-corrected chi connectivity index (χ2v) is 41.2. The van der Waals surface area contributed by atoms with Gasteiger partial charge in [-0.2, -0.15) is 0 Å². The summed E-state index contributed by atoms with van der Waals surface area (Å²) < 4.78 is 30.5. The van der Waals surface area contributed by atoms with Gasteiger partial charge in [-0.3, -0.25) is 0 Å². The van der Waals surface area contributed by atoms with E-state index in [9.17, 15) is 0 Å². The van der Waals surface area contributed by atoms with E-state index >= 15 is 0 Å². The minimum absolute atomic E-state index is 1.15. The molecule has 0 unspecified atom stereocenters. The van der Waals surface area contributed by atoms with Crippen molar-refractivity contribution in [2.24, 2.45) is 0 Å². The van der Waals surface area contributed by atoms with Crippen molar-refractivity contribution in [1.82, 2.24) is 0 Å². The molecule has 0 N–H and O–H groups in total. The van der Waals surface area contributed by atoms with Gasteiger partial charge < -0.3 is 16.5 Å². The van der Waals surface area contributed by atoms with Crippen LogP contribution in [0.3, 0.4) is 0 Å². The van der Waals surface area contributed by atoms with Crippen LogP contribution in [0.4, 0.5) is 0 Å². The highest BCUT2D eigenvalue weighted by Gasteiger charge is 2.52. The molecular weight excluding hydrogens is 1030 g/mol. The van der Waals surface area contributed by atoms with E-state index in [2.05, 4.69) is 343 Å². The fraction of sp³-hybridized carbons (Fsp3) is 0.0909. The Morgan fingerprint density at radius 2 is 0.263 bits per heavy atom. The van der Waals surface area contributed by atoms with Crippen LogP contribution >= 0.6 is 0 Å². The minimum Gasteiger partial charge on any atom is -0.425 e. The number of benzene rings is 10. The Hall–Kier alpha value is -6.66. The predicted molar refractivity (Wildman–Crippen MR) is 335 cm³/mol. The van der Waals surface area contributed by atoms with Gasteiger partial charge in [0, 0.05) is 0 Å². The van der Waals surface area contributed by atoms with Gasteiger partial charge in [-0.05, 0) is 91.1 Å². The van der Waals surface area contributed by atoms with Gasteiger partial charge in [-0.15, -0.1) is 0 Å². The van der Waals surface area contributed by atoms with E-state index in [1.807, 2.05) is 0 Å². The number of hydrogen-bond donors (Lipinski definition) is 0. The minimum atomic E-state index is -3.00. The molecule has 10 aromatic carbocycles. The summed E-state index contributed by atoms with van der Waals surface area (Å²) in [6.07, 6.45) is 0. The summed E-state index contributed by atoms with van der Waals surface area (Å²) in [6, 6.07) is 107. The third-order valence-corrected chi connectivity index (χ3v) is 41.8. The van der Waals surface area contributed by atoms with E-state index in [1.165, 1.54) is 41.5 Å². The van der Waals surface area contributed by atoms with Crippen LogP contribution in [0.15, 0.2) is 303 Å². The molecule has 0 aliphatic rings. The maximum atomic E-state index is 7.61. The van der Waals surface area contributed by atoms with Crippen molar-refractivity contribution in [3.05, 3.63) is 303 Å². The number of hydrogen-bond acceptors (Lipinski definition) is 4. The maximum absolute atomic E-state index is 7.61. The maximum Gasteiger partial charge on any atom is 0.349 e. The summed E-state index contributed by atoms with van der Waals surface area (Å²) >= 11 is 0. The molecule has 0 heterocycles. The zero-order valence-corrected chi connectivity index (χ0v) is 50.5. The summed E-state index contributed by atoms with van der Waals surface area (Å²) in [5.41, 5.74) is 0. The lowest BCUT2D eigenvalue weighted by Crippen LogP contribution is -2.72. The number of rotatable bonds is 18. The topological polar surface area (TPSA) is 36.9 Å². The first-order chi connectivity index (χ1) is 36.9. The van der Waals surface area contributed by atoms with E-state index in [0.29, 0.717) is 0 Å². The molecule has 10 rings (SSSR count). The van der Waals surface area contributed by atoms with Crippen molar-refractivity contribution in [2.75, 3.05) is 0 Å². The standard InChI is InChI=1S/2C33H34O2Si3/c2*1-36(29-19-9-4-10-20-29,30-21-11-5-12-22-30)34-38(3,33-27-17-8-18-28-33)35-37(2,31-23-13-6-14-24-31)32-25-15-7-16-26-32/h2*4-28H,1-3H3. The lowest BCUT2D eigenvalue weighted by Gasteiger charge is -2.43. The average Bonchev–Trinajstić information content (AvgIpc) is 3.50. The van der Waals surface area contributed by atoms with Crippen molar-refractivity contribution in [3.8, 4) is 0 Å². The van der Waals surface area contributed by atoms with Crippen molar-refractivity contribution in [2.45, 2.75) is 39.3 Å². The van der Waals surface area contributed by atoms with E-state index in [0.717, 1.165) is 10.4 Å². The average molecular weight is 1090 g/mol. The summed E-state index contributed by atoms with van der Waals surface area (Å²) in [6.45, 7) is 13.8. The van der Waals surface area contributed by atoms with Gasteiger partial charge in [0.1, 0.15) is 0 Å². The van der Waals surface area contributed by atoms with E-state index in [4.69, 9.17) is 16.5 Å². The lowest BCUT2D eigenvalue weighted by molar-refractivity contribution is 0.414. The molecule has 0 aliphatic carbocycles. The first-order valence-corrected chi connectivity index (χ1v) is 40.5. The molecule has 0 saturated heterocycles. The van der Waals surface area contributed by atoms with Crippen LogP contribution in [-0.2, 0) is 16.5 Å². The van der Waals surface area contributed by atoms with Crippen LogP contribution in [0.25, 0.3) is 0 Å². The molecule has 0 spiro atoms. The Balaban J connectivity index is 0.000000186. The fourth-order valence-electron chi connectivity index (χ4n) is 10.5. The molecule has 76 heavy (non-hydrogen) atoms. The molecule has 0 amide bonds. The van der Waals surface area contributed by atoms with Crippen molar-refractivity contribution in [1.29, 1.82) is 0 Å². The Labute approximate surface area is 458 Å². The third kappa shape index (κ3) is 12.0. The van der Waals surface area contributed by atoms with E-state index < -0.39 is 50.4 Å². The highest BCUT2D eigenvalue weighted by atomic mass is 28.5. The molecule has 10 aromatic rings. The smallest absolute Gasteiger partial charge is 0.349 e. The molecule has 10 heteroatoms. The molecule has 0 aliphatic heterocycles. The van der Waals surface area contributed by atoms with Gasteiger partial charge in [0.15, 0.2) is 0 Å². The summed E-state index contributed by atoms with van der Waals surface area (Å²) in [5.74, 6) is 0. The van der Waals surface area contributed by atoms with Gasteiger partial charge in [-0.1, -0.05) is 303 Å². The van der Waals surface area contributed by atoms with Crippen LogP contribution in [0.2, 0.25) is 39.3 Å². The van der Waals surface area contributed by atoms with E-state index in [1.54, 1.807) is 0 Å². The van der Waals surface area contributed by atoms with Crippen LogP contribution in [-0.4, -0.2) is 50.4 Å².